The molecule has 0 aliphatic carbocycles. The van der Waals surface area contributed by atoms with Crippen molar-refractivity contribution in [2.45, 2.75) is 13.8 Å². The van der Waals surface area contributed by atoms with Crippen LogP contribution < -0.4 is 5.11 Å². The quantitative estimate of drug-likeness (QED) is 0.0757. The van der Waals surface area contributed by atoms with Gasteiger partial charge in [-0.25, -0.2) is 0 Å². The summed E-state index contributed by atoms with van der Waals surface area (Å²) in [6, 6.07) is 35.3. The van der Waals surface area contributed by atoms with E-state index in [1.54, 1.807) is 24.8 Å². The van der Waals surface area contributed by atoms with E-state index in [4.69, 9.17) is 0 Å². The largest absolute Gasteiger partial charge is 3.00 e. The zero-order valence-corrected chi connectivity index (χ0v) is 26.3. The SMILES string of the molecule is CC(=O)/C=C(/C)[O-].[Ir+3].[c-]1cccc2c1c1nccnc1c1ccccc21.[c-]1cccc2c1c1nccnc1c1ccccc21. The minimum atomic E-state index is -0.187. The molecule has 214 valence electrons. The Morgan fingerprint density at radius 1 is 0.568 bits per heavy atom. The van der Waals surface area contributed by atoms with E-state index in [9.17, 15) is 9.90 Å². The van der Waals surface area contributed by atoms with Gasteiger partial charge in [0.25, 0.3) is 0 Å². The maximum Gasteiger partial charge on any atom is 3.00 e. The number of carbonyl (C=O) groups is 1. The van der Waals surface area contributed by atoms with E-state index in [0.717, 1.165) is 49.7 Å². The number of nitrogens with zero attached hydrogens (tertiary/aromatic N) is 4. The minimum absolute atomic E-state index is 0. The van der Waals surface area contributed by atoms with Gasteiger partial charge in [0, 0.05) is 35.8 Å². The van der Waals surface area contributed by atoms with Crippen LogP contribution in [0.1, 0.15) is 13.8 Å². The van der Waals surface area contributed by atoms with Gasteiger partial charge < -0.3 is 15.1 Å². The molecule has 8 rings (SSSR count). The zero-order chi connectivity index (χ0) is 29.8. The Morgan fingerprint density at radius 2 is 0.932 bits per heavy atom. The predicted molar refractivity (Wildman–Crippen MR) is 171 cm³/mol. The molecular formula is C37H25IrN4O2. The van der Waals surface area contributed by atoms with Gasteiger partial charge in [-0.1, -0.05) is 77.0 Å². The number of carbonyl (C=O) groups excluding carboxylic acids is 1. The fourth-order valence-corrected chi connectivity index (χ4v) is 5.29. The monoisotopic (exact) mass is 750 g/mol. The van der Waals surface area contributed by atoms with Gasteiger partial charge in [-0.2, -0.15) is 0 Å². The van der Waals surface area contributed by atoms with Crippen molar-refractivity contribution < 1.29 is 30.0 Å². The molecule has 0 N–H and O–H groups in total. The average Bonchev–Trinajstić information content (AvgIpc) is 3.05. The van der Waals surface area contributed by atoms with Gasteiger partial charge in [-0.05, 0) is 23.8 Å². The second-order valence-corrected chi connectivity index (χ2v) is 9.88. The third-order valence-corrected chi connectivity index (χ3v) is 6.93. The molecule has 0 unspecified atom stereocenters. The summed E-state index contributed by atoms with van der Waals surface area (Å²) in [5, 5.41) is 19.1. The van der Waals surface area contributed by atoms with E-state index in [0.29, 0.717) is 0 Å². The molecule has 44 heavy (non-hydrogen) atoms. The second kappa shape index (κ2) is 13.5. The topological polar surface area (TPSA) is 91.7 Å². The number of hydrogen-bond acceptors (Lipinski definition) is 6. The molecule has 2 heterocycles. The van der Waals surface area contributed by atoms with E-state index in [2.05, 4.69) is 80.6 Å². The van der Waals surface area contributed by atoms with Crippen LogP contribution in [0.2, 0.25) is 0 Å². The standard InChI is InChI=1S/2C16H9N2.C5H8O2.Ir/c2*1-3-7-13-11(5-1)12-6-2-4-8-14(12)16-15(13)17-9-10-18-16;1-4(6)3-5(2)7;/h2*1-7,9-10H;3,6H,1-2H3;/q2*-1;;+3/p-1/b;;4-3-;. The fraction of sp³-hybridized carbons (Fsp3) is 0.0541. The first-order valence-corrected chi connectivity index (χ1v) is 13.7. The van der Waals surface area contributed by atoms with Gasteiger partial charge in [0.15, 0.2) is 5.78 Å². The molecule has 0 atom stereocenters. The van der Waals surface area contributed by atoms with Crippen LogP contribution in [0.5, 0.6) is 0 Å². The average molecular weight is 750 g/mol. The molecule has 0 saturated heterocycles. The van der Waals surface area contributed by atoms with Crippen LogP contribution in [0, 0.1) is 12.1 Å². The van der Waals surface area contributed by atoms with Gasteiger partial charge in [-0.15, -0.1) is 65.1 Å². The van der Waals surface area contributed by atoms with Crippen molar-refractivity contribution >= 4 is 70.9 Å². The van der Waals surface area contributed by atoms with Gasteiger partial charge in [0.05, 0.1) is 11.0 Å². The van der Waals surface area contributed by atoms with E-state index in [1.807, 2.05) is 36.4 Å². The zero-order valence-electron chi connectivity index (χ0n) is 23.9. The van der Waals surface area contributed by atoms with Crippen LogP contribution in [-0.4, -0.2) is 25.7 Å². The first-order chi connectivity index (χ1) is 21.0. The summed E-state index contributed by atoms with van der Waals surface area (Å²) in [5.41, 5.74) is 3.74. The Labute approximate surface area is 267 Å². The van der Waals surface area contributed by atoms with Crippen LogP contribution >= 0.6 is 0 Å². The summed E-state index contributed by atoms with van der Waals surface area (Å²) < 4.78 is 0. The van der Waals surface area contributed by atoms with Gasteiger partial charge in [0.2, 0.25) is 0 Å². The molecule has 0 radical (unpaired) electrons. The maximum absolute atomic E-state index is 9.98. The summed E-state index contributed by atoms with van der Waals surface area (Å²) in [5.74, 6) is -0.375. The van der Waals surface area contributed by atoms with E-state index < -0.39 is 0 Å². The number of fused-ring (bicyclic) bond motifs is 12. The third-order valence-electron chi connectivity index (χ3n) is 6.93. The molecule has 0 fully saturated rings. The second-order valence-electron chi connectivity index (χ2n) is 9.88. The molecule has 0 spiro atoms. The van der Waals surface area contributed by atoms with Crippen molar-refractivity contribution in [3.63, 3.8) is 0 Å². The van der Waals surface area contributed by atoms with Crippen LogP contribution in [-0.2, 0) is 24.9 Å². The molecule has 0 aliphatic rings. The van der Waals surface area contributed by atoms with Crippen molar-refractivity contribution in [3.05, 3.63) is 134 Å². The van der Waals surface area contributed by atoms with Crippen LogP contribution in [0.3, 0.4) is 0 Å². The maximum atomic E-state index is 9.98. The molecule has 0 amide bonds. The Kier molecular flexibility index (Phi) is 9.29. The normalized spacial score (nSPS) is 11.1. The Bertz CT molecular complexity index is 1720. The van der Waals surface area contributed by atoms with Crippen LogP contribution in [0.25, 0.3) is 65.2 Å². The first-order valence-electron chi connectivity index (χ1n) is 13.7. The summed E-state index contributed by atoms with van der Waals surface area (Å²) in [4.78, 5) is 27.9. The predicted octanol–water partition coefficient (Wildman–Crippen LogP) is 7.31. The molecule has 8 aromatic rings. The number of rotatable bonds is 1. The van der Waals surface area contributed by atoms with Gasteiger partial charge >= 0.3 is 20.1 Å². The van der Waals surface area contributed by atoms with E-state index in [1.165, 1.54) is 35.4 Å². The summed E-state index contributed by atoms with van der Waals surface area (Å²) >= 11 is 0. The number of ketones is 1. The molecule has 2 aromatic heterocycles. The van der Waals surface area contributed by atoms with Crippen LogP contribution in [0.15, 0.2) is 122 Å². The number of hydrogen-bond donors (Lipinski definition) is 0. The summed E-state index contributed by atoms with van der Waals surface area (Å²) in [6.07, 6.45) is 8.00. The Hall–Kier alpha value is -5.10. The van der Waals surface area contributed by atoms with Gasteiger partial charge in [0.1, 0.15) is 0 Å². The van der Waals surface area contributed by atoms with Crippen molar-refractivity contribution in [2.24, 2.45) is 0 Å². The number of aromatic nitrogens is 4. The minimum Gasteiger partial charge on any atom is -0.876 e. The smallest absolute Gasteiger partial charge is 0.876 e. The van der Waals surface area contributed by atoms with Crippen LogP contribution in [0.4, 0.5) is 0 Å². The molecular weight excluding hydrogens is 725 g/mol. The first kappa shape index (κ1) is 30.4. The molecule has 6 nitrogen and oxygen atoms in total. The molecule has 0 aliphatic heterocycles. The van der Waals surface area contributed by atoms with Gasteiger partial charge in [-0.3, -0.25) is 14.8 Å². The summed E-state index contributed by atoms with van der Waals surface area (Å²) in [6.45, 7) is 2.70. The Balaban J connectivity index is 0.000000142. The van der Waals surface area contributed by atoms with Crippen molar-refractivity contribution in [1.82, 2.24) is 19.9 Å². The molecule has 7 heteroatoms. The molecule has 6 aromatic carbocycles. The molecule has 0 saturated carbocycles. The number of benzene rings is 6. The number of allylic oxidation sites excluding steroid dienone is 2. The molecule has 0 bridgehead atoms. The summed E-state index contributed by atoms with van der Waals surface area (Å²) in [7, 11) is 0. The van der Waals surface area contributed by atoms with E-state index >= 15 is 0 Å². The van der Waals surface area contributed by atoms with E-state index in [-0.39, 0.29) is 31.6 Å². The van der Waals surface area contributed by atoms with Crippen molar-refractivity contribution in [3.8, 4) is 0 Å². The third kappa shape index (κ3) is 6.02. The van der Waals surface area contributed by atoms with Crippen molar-refractivity contribution in [2.75, 3.05) is 0 Å². The fourth-order valence-electron chi connectivity index (χ4n) is 5.29. The Morgan fingerprint density at radius 3 is 1.30 bits per heavy atom. The van der Waals surface area contributed by atoms with Crippen molar-refractivity contribution in [1.29, 1.82) is 0 Å².